The minimum Gasteiger partial charge on any atom is -0.393 e. The summed E-state index contributed by atoms with van der Waals surface area (Å²) in [6.45, 7) is 4.48. The number of aliphatic hydroxyl groups is 5. The molecule has 0 heterocycles. The van der Waals surface area contributed by atoms with Gasteiger partial charge in [0.1, 0.15) is 18.3 Å². The third kappa shape index (κ3) is 24.6. The fraction of sp³-hybridized carbons (Fsp3) is 0.925. The zero-order chi connectivity index (χ0) is 36.0. The van der Waals surface area contributed by atoms with Crippen LogP contribution in [-0.4, -0.2) is 87.4 Å². The molecule has 0 saturated heterocycles. The summed E-state index contributed by atoms with van der Waals surface area (Å²) in [6.07, 6.45) is 27.7. The molecule has 0 radical (unpaired) electrons. The number of carbonyl (C=O) groups is 1. The van der Waals surface area contributed by atoms with Crippen LogP contribution in [-0.2, 0) is 4.74 Å². The SMILES string of the molecule is CCCCCCCCCCCCCCCCCCCCCCCCNC(=O)NC(COC1C=CCCC(O)C(O)C1O)C(O)CC(O)CC. The number of allylic oxidation sites excluding steroid dienone is 1. The van der Waals surface area contributed by atoms with Gasteiger partial charge in [0.2, 0.25) is 0 Å². The molecule has 0 saturated carbocycles. The summed E-state index contributed by atoms with van der Waals surface area (Å²) in [7, 11) is 0. The first kappa shape index (κ1) is 45.8. The average Bonchev–Trinajstić information content (AvgIpc) is 3.09. The molecule has 9 heteroatoms. The molecule has 1 aliphatic carbocycles. The van der Waals surface area contributed by atoms with Crippen LogP contribution in [0.2, 0.25) is 0 Å². The van der Waals surface area contributed by atoms with Crippen molar-refractivity contribution in [2.45, 2.75) is 223 Å². The fourth-order valence-corrected chi connectivity index (χ4v) is 6.59. The molecule has 0 fully saturated rings. The highest BCUT2D eigenvalue weighted by Gasteiger charge is 2.33. The Morgan fingerprint density at radius 1 is 0.714 bits per heavy atom. The molecule has 49 heavy (non-hydrogen) atoms. The van der Waals surface area contributed by atoms with Crippen LogP contribution in [0.15, 0.2) is 12.2 Å². The third-order valence-corrected chi connectivity index (χ3v) is 10.1. The van der Waals surface area contributed by atoms with E-state index in [1.54, 1.807) is 12.2 Å². The van der Waals surface area contributed by atoms with Gasteiger partial charge in [0.15, 0.2) is 0 Å². The van der Waals surface area contributed by atoms with Crippen molar-refractivity contribution in [3.63, 3.8) is 0 Å². The van der Waals surface area contributed by atoms with Gasteiger partial charge in [-0.25, -0.2) is 4.79 Å². The Hall–Kier alpha value is -1.23. The highest BCUT2D eigenvalue weighted by atomic mass is 16.5. The maximum atomic E-state index is 12.7. The Bertz CT molecular complexity index is 786. The van der Waals surface area contributed by atoms with Crippen LogP contribution in [0.4, 0.5) is 4.79 Å². The van der Waals surface area contributed by atoms with Crippen molar-refractivity contribution >= 4 is 6.03 Å². The topological polar surface area (TPSA) is 152 Å². The molecule has 1 rings (SSSR count). The summed E-state index contributed by atoms with van der Waals surface area (Å²) < 4.78 is 5.81. The van der Waals surface area contributed by atoms with Crippen molar-refractivity contribution in [2.24, 2.45) is 0 Å². The van der Waals surface area contributed by atoms with Crippen molar-refractivity contribution in [3.05, 3.63) is 12.2 Å². The number of aliphatic hydroxyl groups excluding tert-OH is 5. The summed E-state index contributed by atoms with van der Waals surface area (Å²) in [5.74, 6) is 0. The van der Waals surface area contributed by atoms with Gasteiger partial charge in [-0.3, -0.25) is 0 Å². The second-order valence-electron chi connectivity index (χ2n) is 14.6. The molecular formula is C40H78N2O7. The Morgan fingerprint density at radius 2 is 1.18 bits per heavy atom. The molecule has 290 valence electrons. The molecule has 2 amide bonds. The lowest BCUT2D eigenvalue weighted by molar-refractivity contribution is -0.117. The number of ether oxygens (including phenoxy) is 1. The van der Waals surface area contributed by atoms with Gasteiger partial charge in [0, 0.05) is 13.0 Å². The molecule has 0 bridgehead atoms. The number of hydrogen-bond acceptors (Lipinski definition) is 7. The Kier molecular flexibility index (Phi) is 29.4. The van der Waals surface area contributed by atoms with E-state index < -0.39 is 48.7 Å². The van der Waals surface area contributed by atoms with E-state index in [0.717, 1.165) is 19.3 Å². The number of nitrogens with one attached hydrogen (secondary N) is 2. The molecule has 0 aromatic heterocycles. The maximum absolute atomic E-state index is 12.7. The summed E-state index contributed by atoms with van der Waals surface area (Å²) >= 11 is 0. The van der Waals surface area contributed by atoms with Gasteiger partial charge in [-0.05, 0) is 25.7 Å². The van der Waals surface area contributed by atoms with Gasteiger partial charge in [0.05, 0.1) is 31.0 Å². The van der Waals surface area contributed by atoms with Crippen LogP contribution in [0.5, 0.6) is 0 Å². The van der Waals surface area contributed by atoms with Crippen LogP contribution in [0.25, 0.3) is 0 Å². The van der Waals surface area contributed by atoms with Crippen LogP contribution < -0.4 is 10.6 Å². The molecule has 7 atom stereocenters. The van der Waals surface area contributed by atoms with Crippen molar-refractivity contribution in [3.8, 4) is 0 Å². The number of carbonyl (C=O) groups excluding carboxylic acids is 1. The predicted octanol–water partition coefficient (Wildman–Crippen LogP) is 7.60. The van der Waals surface area contributed by atoms with Crippen LogP contribution >= 0.6 is 0 Å². The van der Waals surface area contributed by atoms with E-state index in [4.69, 9.17) is 4.74 Å². The monoisotopic (exact) mass is 699 g/mol. The van der Waals surface area contributed by atoms with Gasteiger partial charge in [-0.2, -0.15) is 0 Å². The lowest BCUT2D eigenvalue weighted by Gasteiger charge is -2.32. The molecule has 7 unspecified atom stereocenters. The number of hydrogen-bond donors (Lipinski definition) is 7. The van der Waals surface area contributed by atoms with Crippen LogP contribution in [0.1, 0.15) is 181 Å². The van der Waals surface area contributed by atoms with E-state index in [1.165, 1.54) is 122 Å². The van der Waals surface area contributed by atoms with Crippen LogP contribution in [0, 0.1) is 0 Å². The highest BCUT2D eigenvalue weighted by molar-refractivity contribution is 5.74. The highest BCUT2D eigenvalue weighted by Crippen LogP contribution is 2.19. The van der Waals surface area contributed by atoms with Crippen molar-refractivity contribution in [2.75, 3.05) is 13.2 Å². The van der Waals surface area contributed by atoms with Gasteiger partial charge in [0.25, 0.3) is 0 Å². The minimum absolute atomic E-state index is 0.0641. The Morgan fingerprint density at radius 3 is 1.65 bits per heavy atom. The summed E-state index contributed by atoms with van der Waals surface area (Å²) in [5.41, 5.74) is 0. The maximum Gasteiger partial charge on any atom is 0.315 e. The molecule has 0 aromatic rings. The Labute approximate surface area is 300 Å². The van der Waals surface area contributed by atoms with E-state index in [9.17, 15) is 30.3 Å². The Balaban J connectivity index is 2.10. The van der Waals surface area contributed by atoms with Crippen molar-refractivity contribution in [1.82, 2.24) is 10.6 Å². The quantitative estimate of drug-likeness (QED) is 0.0291. The summed E-state index contributed by atoms with van der Waals surface area (Å²) in [5, 5.41) is 57.2. The lowest BCUT2D eigenvalue weighted by Crippen LogP contribution is -2.52. The smallest absolute Gasteiger partial charge is 0.315 e. The molecule has 1 aliphatic rings. The first-order chi connectivity index (χ1) is 23.8. The van der Waals surface area contributed by atoms with Gasteiger partial charge < -0.3 is 40.9 Å². The first-order valence-electron chi connectivity index (χ1n) is 20.5. The second-order valence-corrected chi connectivity index (χ2v) is 14.6. The summed E-state index contributed by atoms with van der Waals surface area (Å²) in [6, 6.07) is -1.26. The normalized spacial score (nSPS) is 21.5. The zero-order valence-electron chi connectivity index (χ0n) is 31.5. The lowest BCUT2D eigenvalue weighted by atomic mass is 9.96. The molecular weight excluding hydrogens is 620 g/mol. The number of urea groups is 1. The van der Waals surface area contributed by atoms with E-state index >= 15 is 0 Å². The molecule has 0 aliphatic heterocycles. The molecule has 0 aromatic carbocycles. The van der Waals surface area contributed by atoms with E-state index in [2.05, 4.69) is 17.6 Å². The molecule has 0 spiro atoms. The first-order valence-corrected chi connectivity index (χ1v) is 20.5. The third-order valence-electron chi connectivity index (χ3n) is 10.1. The molecule has 9 nitrogen and oxygen atoms in total. The van der Waals surface area contributed by atoms with Crippen molar-refractivity contribution in [1.29, 1.82) is 0 Å². The van der Waals surface area contributed by atoms with E-state index in [0.29, 0.717) is 25.8 Å². The fourth-order valence-electron chi connectivity index (χ4n) is 6.59. The largest absolute Gasteiger partial charge is 0.393 e. The second kappa shape index (κ2) is 31.5. The van der Waals surface area contributed by atoms with E-state index in [1.807, 2.05) is 6.92 Å². The van der Waals surface area contributed by atoms with E-state index in [-0.39, 0.29) is 13.0 Å². The number of rotatable bonds is 31. The van der Waals surface area contributed by atoms with Crippen molar-refractivity contribution < 1.29 is 35.1 Å². The minimum atomic E-state index is -1.37. The molecule has 7 N–H and O–H groups in total. The van der Waals surface area contributed by atoms with Crippen LogP contribution in [0.3, 0.4) is 0 Å². The zero-order valence-corrected chi connectivity index (χ0v) is 31.5. The number of unbranched alkanes of at least 4 members (excludes halogenated alkanes) is 21. The van der Waals surface area contributed by atoms with Gasteiger partial charge in [-0.1, -0.05) is 161 Å². The average molecular weight is 699 g/mol. The van der Waals surface area contributed by atoms with Gasteiger partial charge in [-0.15, -0.1) is 0 Å². The standard InChI is InChI=1S/C40H78N2O7/c1-3-5-6-7-8-9-10-11-12-13-14-15-16-17-18-19-20-21-22-23-24-27-30-41-40(48)42-34(36(45)31-33(43)4-2)32-49-37-29-26-25-28-35(44)38(46)39(37)47/h26,29,33-39,43-47H,3-25,27-28,30-32H2,1-2H3,(H2,41,42,48). The summed E-state index contributed by atoms with van der Waals surface area (Å²) in [4.78, 5) is 12.7. The predicted molar refractivity (Wildman–Crippen MR) is 201 cm³/mol. The van der Waals surface area contributed by atoms with Gasteiger partial charge >= 0.3 is 6.03 Å². The number of amides is 2.